The van der Waals surface area contributed by atoms with Gasteiger partial charge in [0.1, 0.15) is 0 Å². The Bertz CT molecular complexity index is 1250. The Morgan fingerprint density at radius 2 is 1.27 bits per heavy atom. The maximum atomic E-state index is 11.7. The molecule has 0 saturated carbocycles. The Morgan fingerprint density at radius 3 is 1.91 bits per heavy atom. The zero-order valence-corrected chi connectivity index (χ0v) is 20.4. The highest BCUT2D eigenvalue weighted by atomic mass is 28.3. The SMILES string of the molecule is C[Si](C)(C)c1ccc(-c2cc(C=Cc3ccc(Nc4ccccc4)cc3)ccc2C=O)cc1. The second-order valence-electron chi connectivity index (χ2n) is 9.24. The van der Waals surface area contributed by atoms with Crippen LogP contribution in [0.1, 0.15) is 21.5 Å². The van der Waals surface area contributed by atoms with Crippen LogP contribution in [0, 0.1) is 0 Å². The van der Waals surface area contributed by atoms with Gasteiger partial charge in [0.15, 0.2) is 6.29 Å². The molecule has 4 aromatic rings. The van der Waals surface area contributed by atoms with Gasteiger partial charge in [0, 0.05) is 16.9 Å². The number of benzene rings is 4. The average molecular weight is 448 g/mol. The second kappa shape index (κ2) is 9.84. The van der Waals surface area contributed by atoms with Crippen LogP contribution in [0.15, 0.2) is 97.1 Å². The van der Waals surface area contributed by atoms with Crippen molar-refractivity contribution in [3.05, 3.63) is 114 Å². The first-order chi connectivity index (χ1) is 15.9. The standard InChI is InChI=1S/C30H29NOSi/c1-33(2,3)29-19-15-25(16-20-29)30-21-24(11-14-26(30)22-32)10-9-23-12-17-28(18-13-23)31-27-7-5-4-6-8-27/h4-22,31H,1-3H3. The Morgan fingerprint density at radius 1 is 0.667 bits per heavy atom. The fourth-order valence-electron chi connectivity index (χ4n) is 3.74. The Hall–Kier alpha value is -3.69. The van der Waals surface area contributed by atoms with Crippen LogP contribution in [-0.4, -0.2) is 14.4 Å². The van der Waals surface area contributed by atoms with Crippen LogP contribution in [0.25, 0.3) is 23.3 Å². The molecule has 0 saturated heterocycles. The summed E-state index contributed by atoms with van der Waals surface area (Å²) in [7, 11) is -1.35. The lowest BCUT2D eigenvalue weighted by atomic mass is 9.97. The van der Waals surface area contributed by atoms with Crippen molar-refractivity contribution in [1.82, 2.24) is 0 Å². The van der Waals surface area contributed by atoms with Gasteiger partial charge in [-0.05, 0) is 52.6 Å². The van der Waals surface area contributed by atoms with Crippen LogP contribution in [0.5, 0.6) is 0 Å². The Balaban J connectivity index is 1.53. The van der Waals surface area contributed by atoms with Crippen molar-refractivity contribution in [3.63, 3.8) is 0 Å². The fraction of sp³-hybridized carbons (Fsp3) is 0.100. The van der Waals surface area contributed by atoms with E-state index in [0.29, 0.717) is 5.56 Å². The highest BCUT2D eigenvalue weighted by molar-refractivity contribution is 6.88. The molecule has 0 fully saturated rings. The van der Waals surface area contributed by atoms with Crippen molar-refractivity contribution < 1.29 is 4.79 Å². The molecular formula is C30H29NOSi. The molecule has 1 N–H and O–H groups in total. The average Bonchev–Trinajstić information content (AvgIpc) is 2.84. The smallest absolute Gasteiger partial charge is 0.150 e. The number of aldehydes is 1. The molecule has 0 aliphatic heterocycles. The number of rotatable bonds is 7. The Labute approximate surface area is 197 Å². The van der Waals surface area contributed by atoms with Gasteiger partial charge in [-0.15, -0.1) is 0 Å². The monoisotopic (exact) mass is 447 g/mol. The van der Waals surface area contributed by atoms with E-state index in [2.05, 4.69) is 91.7 Å². The molecule has 0 heterocycles. The second-order valence-corrected chi connectivity index (χ2v) is 14.3. The molecule has 0 spiro atoms. The van der Waals surface area contributed by atoms with Crippen LogP contribution in [0.4, 0.5) is 11.4 Å². The minimum atomic E-state index is -1.35. The van der Waals surface area contributed by atoms with Crippen molar-refractivity contribution in [2.75, 3.05) is 5.32 Å². The fourth-order valence-corrected chi connectivity index (χ4v) is 4.90. The molecule has 0 aliphatic rings. The number of nitrogens with one attached hydrogen (secondary N) is 1. The van der Waals surface area contributed by atoms with Gasteiger partial charge in [-0.3, -0.25) is 4.79 Å². The minimum absolute atomic E-state index is 0.712. The lowest BCUT2D eigenvalue weighted by Gasteiger charge is -2.17. The first-order valence-electron chi connectivity index (χ1n) is 11.2. The zero-order chi connectivity index (χ0) is 23.3. The molecule has 164 valence electrons. The molecule has 4 rings (SSSR count). The van der Waals surface area contributed by atoms with Crippen LogP contribution in [0.3, 0.4) is 0 Å². The highest BCUT2D eigenvalue weighted by Gasteiger charge is 2.16. The topological polar surface area (TPSA) is 29.1 Å². The van der Waals surface area contributed by atoms with Crippen LogP contribution >= 0.6 is 0 Å². The van der Waals surface area contributed by atoms with E-state index in [1.165, 1.54) is 5.19 Å². The molecule has 0 bridgehead atoms. The van der Waals surface area contributed by atoms with Crippen molar-refractivity contribution in [2.45, 2.75) is 19.6 Å². The molecule has 3 heteroatoms. The summed E-state index contributed by atoms with van der Waals surface area (Å²) in [5.74, 6) is 0. The van der Waals surface area contributed by atoms with Gasteiger partial charge in [0.05, 0.1) is 8.07 Å². The predicted molar refractivity (Wildman–Crippen MR) is 145 cm³/mol. The third-order valence-corrected chi connectivity index (χ3v) is 7.77. The minimum Gasteiger partial charge on any atom is -0.356 e. The molecular weight excluding hydrogens is 418 g/mol. The molecule has 0 unspecified atom stereocenters. The van der Waals surface area contributed by atoms with Gasteiger partial charge in [-0.1, -0.05) is 104 Å². The first kappa shape index (κ1) is 22.5. The van der Waals surface area contributed by atoms with Gasteiger partial charge >= 0.3 is 0 Å². The van der Waals surface area contributed by atoms with Crippen LogP contribution < -0.4 is 10.5 Å². The van der Waals surface area contributed by atoms with Gasteiger partial charge in [-0.25, -0.2) is 0 Å². The van der Waals surface area contributed by atoms with Crippen molar-refractivity contribution in [2.24, 2.45) is 0 Å². The molecule has 2 nitrogen and oxygen atoms in total. The van der Waals surface area contributed by atoms with Crippen LogP contribution in [0.2, 0.25) is 19.6 Å². The quantitative estimate of drug-likeness (QED) is 0.179. The lowest BCUT2D eigenvalue weighted by Crippen LogP contribution is -2.37. The number of carbonyl (C=O) groups excluding carboxylic acids is 1. The largest absolute Gasteiger partial charge is 0.356 e. The summed E-state index contributed by atoms with van der Waals surface area (Å²) in [5, 5.41) is 4.82. The number of hydrogen-bond donors (Lipinski definition) is 1. The van der Waals surface area contributed by atoms with Crippen molar-refractivity contribution in [3.8, 4) is 11.1 Å². The summed E-state index contributed by atoms with van der Waals surface area (Å²) in [6, 6.07) is 33.2. The zero-order valence-electron chi connectivity index (χ0n) is 19.4. The van der Waals surface area contributed by atoms with Gasteiger partial charge in [0.25, 0.3) is 0 Å². The highest BCUT2D eigenvalue weighted by Crippen LogP contribution is 2.25. The van der Waals surface area contributed by atoms with E-state index in [1.54, 1.807) is 0 Å². The number of hydrogen-bond acceptors (Lipinski definition) is 2. The summed E-state index contributed by atoms with van der Waals surface area (Å²) in [6.45, 7) is 7.03. The van der Waals surface area contributed by atoms with Crippen LogP contribution in [-0.2, 0) is 0 Å². The van der Waals surface area contributed by atoms with E-state index in [9.17, 15) is 4.79 Å². The molecule has 0 radical (unpaired) electrons. The van der Waals surface area contributed by atoms with E-state index in [-0.39, 0.29) is 0 Å². The van der Waals surface area contributed by atoms with Crippen molar-refractivity contribution in [1.29, 1.82) is 0 Å². The lowest BCUT2D eigenvalue weighted by molar-refractivity contribution is 0.112. The molecule has 33 heavy (non-hydrogen) atoms. The van der Waals surface area contributed by atoms with E-state index in [1.807, 2.05) is 42.5 Å². The third-order valence-electron chi connectivity index (χ3n) is 5.71. The molecule has 0 amide bonds. The summed E-state index contributed by atoms with van der Waals surface area (Å²) in [4.78, 5) is 11.7. The first-order valence-corrected chi connectivity index (χ1v) is 14.7. The van der Waals surface area contributed by atoms with E-state index in [4.69, 9.17) is 0 Å². The summed E-state index contributed by atoms with van der Waals surface area (Å²) < 4.78 is 0. The van der Waals surface area contributed by atoms with Gasteiger partial charge in [-0.2, -0.15) is 0 Å². The predicted octanol–water partition coefficient (Wildman–Crippen LogP) is 7.63. The van der Waals surface area contributed by atoms with E-state index in [0.717, 1.165) is 39.9 Å². The number of para-hydroxylation sites is 1. The van der Waals surface area contributed by atoms with Crippen molar-refractivity contribution >= 4 is 43.1 Å². The molecule has 0 atom stereocenters. The van der Waals surface area contributed by atoms with E-state index >= 15 is 0 Å². The third kappa shape index (κ3) is 5.76. The van der Waals surface area contributed by atoms with Gasteiger partial charge < -0.3 is 5.32 Å². The summed E-state index contributed by atoms with van der Waals surface area (Å²) in [6.07, 6.45) is 5.13. The number of carbonyl (C=O) groups is 1. The van der Waals surface area contributed by atoms with E-state index < -0.39 is 8.07 Å². The Kier molecular flexibility index (Phi) is 6.71. The number of anilines is 2. The summed E-state index contributed by atoms with van der Waals surface area (Å²) in [5.41, 5.74) is 7.07. The molecule has 4 aromatic carbocycles. The van der Waals surface area contributed by atoms with Gasteiger partial charge in [0.2, 0.25) is 0 Å². The maximum Gasteiger partial charge on any atom is 0.150 e. The normalized spacial score (nSPS) is 11.5. The summed E-state index contributed by atoms with van der Waals surface area (Å²) >= 11 is 0. The maximum absolute atomic E-state index is 11.7. The molecule has 0 aromatic heterocycles. The molecule has 0 aliphatic carbocycles.